The van der Waals surface area contributed by atoms with Crippen LogP contribution in [0.25, 0.3) is 21.5 Å². The minimum atomic E-state index is 1.07. The summed E-state index contributed by atoms with van der Waals surface area (Å²) in [6, 6.07) is 16.7. The van der Waals surface area contributed by atoms with Gasteiger partial charge in [-0.05, 0) is 47.4 Å². The first-order valence-corrected chi connectivity index (χ1v) is 7.90. The SMILES string of the molecule is CCc1cccc2ccncc12.Cc1cccc2cnccc12. The lowest BCUT2D eigenvalue weighted by molar-refractivity contribution is 1.15. The molecule has 0 saturated carbocycles. The highest BCUT2D eigenvalue weighted by Gasteiger charge is 1.96. The molecule has 2 heteroatoms. The molecule has 0 saturated heterocycles. The Morgan fingerprint density at radius 1 is 0.739 bits per heavy atom. The van der Waals surface area contributed by atoms with Crippen LogP contribution in [0.5, 0.6) is 0 Å². The van der Waals surface area contributed by atoms with Crippen molar-refractivity contribution in [3.63, 3.8) is 0 Å². The van der Waals surface area contributed by atoms with Crippen LogP contribution in [0, 0.1) is 6.92 Å². The maximum Gasteiger partial charge on any atom is 0.0349 e. The molecule has 0 radical (unpaired) electrons. The summed E-state index contributed by atoms with van der Waals surface area (Å²) in [5, 5.41) is 5.07. The molecule has 2 nitrogen and oxygen atoms in total. The number of pyridine rings is 2. The van der Waals surface area contributed by atoms with Crippen LogP contribution in [0.1, 0.15) is 18.1 Å². The van der Waals surface area contributed by atoms with Crippen molar-refractivity contribution in [1.29, 1.82) is 0 Å². The molecule has 0 aliphatic carbocycles. The summed E-state index contributed by atoms with van der Waals surface area (Å²) in [6.45, 7) is 4.28. The standard InChI is InChI=1S/C11H11N.C10H9N/c1-2-9-4-3-5-10-6-7-12-8-11(9)10;1-8-3-2-4-9-7-11-6-5-10(8)9/h3-8H,2H2,1H3;2-7H,1H3. The Balaban J connectivity index is 0.000000136. The molecular weight excluding hydrogens is 280 g/mol. The lowest BCUT2D eigenvalue weighted by Gasteiger charge is -2.01. The zero-order chi connectivity index (χ0) is 16.1. The smallest absolute Gasteiger partial charge is 0.0349 e. The Morgan fingerprint density at radius 3 is 2.30 bits per heavy atom. The van der Waals surface area contributed by atoms with Crippen LogP contribution in [0.2, 0.25) is 0 Å². The maximum atomic E-state index is 4.12. The van der Waals surface area contributed by atoms with E-state index in [9.17, 15) is 0 Å². The van der Waals surface area contributed by atoms with Gasteiger partial charge in [0.1, 0.15) is 0 Å². The van der Waals surface area contributed by atoms with Crippen molar-refractivity contribution < 1.29 is 0 Å². The number of aryl methyl sites for hydroxylation is 2. The van der Waals surface area contributed by atoms with Crippen LogP contribution in [0.15, 0.2) is 73.3 Å². The third kappa shape index (κ3) is 3.37. The second-order valence-corrected chi connectivity index (χ2v) is 5.54. The van der Waals surface area contributed by atoms with Gasteiger partial charge in [-0.15, -0.1) is 0 Å². The topological polar surface area (TPSA) is 25.8 Å². The molecule has 114 valence electrons. The molecule has 0 amide bonds. The van der Waals surface area contributed by atoms with Crippen LogP contribution in [-0.4, -0.2) is 9.97 Å². The summed E-state index contributed by atoms with van der Waals surface area (Å²) < 4.78 is 0. The molecule has 0 aliphatic heterocycles. The average molecular weight is 300 g/mol. The first-order valence-electron chi connectivity index (χ1n) is 7.90. The minimum Gasteiger partial charge on any atom is -0.264 e. The van der Waals surface area contributed by atoms with Gasteiger partial charge >= 0.3 is 0 Å². The molecule has 0 bridgehead atoms. The summed E-state index contributed by atoms with van der Waals surface area (Å²) >= 11 is 0. The summed E-state index contributed by atoms with van der Waals surface area (Å²) in [6.07, 6.45) is 8.57. The molecule has 0 atom stereocenters. The van der Waals surface area contributed by atoms with Gasteiger partial charge in [-0.2, -0.15) is 0 Å². The van der Waals surface area contributed by atoms with Crippen molar-refractivity contribution in [2.24, 2.45) is 0 Å². The van der Waals surface area contributed by atoms with E-state index in [0.717, 1.165) is 6.42 Å². The fourth-order valence-electron chi connectivity index (χ4n) is 2.77. The van der Waals surface area contributed by atoms with Gasteiger partial charge in [0.2, 0.25) is 0 Å². The second kappa shape index (κ2) is 7.01. The first-order chi connectivity index (χ1) is 11.3. The van der Waals surface area contributed by atoms with E-state index in [1.54, 1.807) is 0 Å². The molecule has 4 aromatic rings. The van der Waals surface area contributed by atoms with Crippen molar-refractivity contribution >= 4 is 21.5 Å². The Hall–Kier alpha value is -2.74. The van der Waals surface area contributed by atoms with Crippen LogP contribution in [0.3, 0.4) is 0 Å². The van der Waals surface area contributed by atoms with Crippen molar-refractivity contribution in [1.82, 2.24) is 9.97 Å². The highest BCUT2D eigenvalue weighted by Crippen LogP contribution is 2.17. The molecule has 2 heterocycles. The van der Waals surface area contributed by atoms with Gasteiger partial charge < -0.3 is 0 Å². The third-order valence-corrected chi connectivity index (χ3v) is 4.05. The number of rotatable bonds is 1. The zero-order valence-corrected chi connectivity index (χ0v) is 13.5. The number of aromatic nitrogens is 2. The Morgan fingerprint density at radius 2 is 1.48 bits per heavy atom. The maximum absolute atomic E-state index is 4.12. The summed E-state index contributed by atoms with van der Waals surface area (Å²) in [5.41, 5.74) is 2.69. The molecule has 0 unspecified atom stereocenters. The van der Waals surface area contributed by atoms with Gasteiger partial charge in [-0.3, -0.25) is 9.97 Å². The van der Waals surface area contributed by atoms with E-state index in [1.807, 2.05) is 30.9 Å². The summed E-state index contributed by atoms with van der Waals surface area (Å²) in [7, 11) is 0. The van der Waals surface area contributed by atoms with Crippen LogP contribution >= 0.6 is 0 Å². The first kappa shape index (κ1) is 15.2. The average Bonchev–Trinajstić information content (AvgIpc) is 2.62. The largest absolute Gasteiger partial charge is 0.264 e. The fraction of sp³-hybridized carbons (Fsp3) is 0.143. The van der Waals surface area contributed by atoms with Crippen LogP contribution in [-0.2, 0) is 6.42 Å². The van der Waals surface area contributed by atoms with Gasteiger partial charge in [0, 0.05) is 35.6 Å². The van der Waals surface area contributed by atoms with Crippen molar-refractivity contribution in [3.05, 3.63) is 84.4 Å². The van der Waals surface area contributed by atoms with E-state index in [1.165, 1.54) is 32.7 Å². The molecule has 4 rings (SSSR count). The molecule has 23 heavy (non-hydrogen) atoms. The molecule has 2 aromatic heterocycles. The number of hydrogen-bond donors (Lipinski definition) is 0. The van der Waals surface area contributed by atoms with E-state index in [4.69, 9.17) is 0 Å². The van der Waals surface area contributed by atoms with Gasteiger partial charge in [0.05, 0.1) is 0 Å². The normalized spacial score (nSPS) is 10.3. The number of fused-ring (bicyclic) bond motifs is 2. The highest BCUT2D eigenvalue weighted by atomic mass is 14.6. The van der Waals surface area contributed by atoms with Gasteiger partial charge in [0.25, 0.3) is 0 Å². The summed E-state index contributed by atoms with van der Waals surface area (Å²) in [4.78, 5) is 8.18. The number of hydrogen-bond acceptors (Lipinski definition) is 2. The van der Waals surface area contributed by atoms with Gasteiger partial charge in [-0.1, -0.05) is 43.3 Å². The highest BCUT2D eigenvalue weighted by molar-refractivity contribution is 5.85. The van der Waals surface area contributed by atoms with Crippen LogP contribution in [0.4, 0.5) is 0 Å². The summed E-state index contributed by atoms with van der Waals surface area (Å²) in [5.74, 6) is 0. The van der Waals surface area contributed by atoms with Gasteiger partial charge in [-0.25, -0.2) is 0 Å². The molecule has 0 aliphatic rings. The second-order valence-electron chi connectivity index (χ2n) is 5.54. The zero-order valence-electron chi connectivity index (χ0n) is 13.5. The van der Waals surface area contributed by atoms with Crippen LogP contribution < -0.4 is 0 Å². The molecular formula is C21H20N2. The van der Waals surface area contributed by atoms with Crippen molar-refractivity contribution in [2.75, 3.05) is 0 Å². The van der Waals surface area contributed by atoms with E-state index in [-0.39, 0.29) is 0 Å². The van der Waals surface area contributed by atoms with E-state index >= 15 is 0 Å². The molecule has 2 aromatic carbocycles. The Bertz CT molecular complexity index is 918. The lowest BCUT2D eigenvalue weighted by Crippen LogP contribution is -1.83. The number of benzene rings is 2. The van der Waals surface area contributed by atoms with Crippen molar-refractivity contribution in [2.45, 2.75) is 20.3 Å². The predicted octanol–water partition coefficient (Wildman–Crippen LogP) is 5.34. The van der Waals surface area contributed by atoms with E-state index < -0.39 is 0 Å². The third-order valence-electron chi connectivity index (χ3n) is 4.05. The predicted molar refractivity (Wildman–Crippen MR) is 97.6 cm³/mol. The fourth-order valence-corrected chi connectivity index (χ4v) is 2.77. The molecule has 0 spiro atoms. The van der Waals surface area contributed by atoms with Gasteiger partial charge in [0.15, 0.2) is 0 Å². The molecule has 0 fully saturated rings. The number of nitrogens with zero attached hydrogens (tertiary/aromatic N) is 2. The van der Waals surface area contributed by atoms with E-state index in [2.05, 4.69) is 66.3 Å². The Kier molecular flexibility index (Phi) is 4.62. The molecule has 0 N–H and O–H groups in total. The monoisotopic (exact) mass is 300 g/mol. The van der Waals surface area contributed by atoms with Crippen molar-refractivity contribution in [3.8, 4) is 0 Å². The van der Waals surface area contributed by atoms with E-state index in [0.29, 0.717) is 0 Å². The lowest BCUT2D eigenvalue weighted by atomic mass is 10.1. The quantitative estimate of drug-likeness (QED) is 0.474. The Labute approximate surface area is 136 Å². The minimum absolute atomic E-state index is 1.07.